The van der Waals surface area contributed by atoms with Crippen LogP contribution in [0.15, 0.2) is 54.5 Å². The highest BCUT2D eigenvalue weighted by atomic mass is 19.1. The molecule has 1 aliphatic carbocycles. The lowest BCUT2D eigenvalue weighted by atomic mass is 9.69. The highest BCUT2D eigenvalue weighted by molar-refractivity contribution is 6.19. The van der Waals surface area contributed by atoms with Crippen molar-refractivity contribution in [3.8, 4) is 11.8 Å². The summed E-state index contributed by atoms with van der Waals surface area (Å²) in [5.41, 5.74) is 10.2. The van der Waals surface area contributed by atoms with Gasteiger partial charge in [0.15, 0.2) is 0 Å². The van der Waals surface area contributed by atoms with E-state index in [-0.39, 0.29) is 11.2 Å². The summed E-state index contributed by atoms with van der Waals surface area (Å²) >= 11 is 0. The van der Waals surface area contributed by atoms with Gasteiger partial charge in [0, 0.05) is 42.1 Å². The van der Waals surface area contributed by atoms with Crippen LogP contribution in [0.3, 0.4) is 0 Å². The van der Waals surface area contributed by atoms with Gasteiger partial charge in [-0.3, -0.25) is 9.99 Å². The van der Waals surface area contributed by atoms with Gasteiger partial charge in [0.05, 0.1) is 29.5 Å². The standard InChI is InChI=1S/C28H33BFN7O/c1-27(2,3)16-33-25-17(13-31)14-32-26-22(25)11-20(12-23(26)38-4)34-28(29,18-5-7-19(30)8-6-18)24-15-37(36-35-24)21-9-10-21/h5-8,11-12,14-15,21,34-36H,9-10,16,29H2,1-4H3,(H,32,33). The number of methoxy groups -OCH3 is 1. The number of nitriles is 1. The Morgan fingerprint density at radius 1 is 1.24 bits per heavy atom. The van der Waals surface area contributed by atoms with E-state index in [1.165, 1.54) is 12.1 Å². The second kappa shape index (κ2) is 9.73. The van der Waals surface area contributed by atoms with Crippen LogP contribution in [0.2, 0.25) is 0 Å². The van der Waals surface area contributed by atoms with Crippen LogP contribution in [0.4, 0.5) is 15.8 Å². The number of pyridine rings is 1. The van der Waals surface area contributed by atoms with Crippen LogP contribution in [0, 0.1) is 22.6 Å². The predicted molar refractivity (Wildman–Crippen MR) is 150 cm³/mol. The van der Waals surface area contributed by atoms with Crippen LogP contribution in [0.5, 0.6) is 5.75 Å². The number of benzene rings is 2. The van der Waals surface area contributed by atoms with E-state index in [2.05, 4.69) is 72.5 Å². The maximum absolute atomic E-state index is 13.9. The van der Waals surface area contributed by atoms with Gasteiger partial charge in [-0.15, -0.1) is 5.53 Å². The van der Waals surface area contributed by atoms with Crippen molar-refractivity contribution >= 4 is 30.1 Å². The van der Waals surface area contributed by atoms with E-state index >= 15 is 0 Å². The van der Waals surface area contributed by atoms with Gasteiger partial charge in [-0.05, 0) is 42.0 Å². The molecule has 1 aliphatic heterocycles. The van der Waals surface area contributed by atoms with Gasteiger partial charge in [0.25, 0.3) is 0 Å². The third-order valence-corrected chi connectivity index (χ3v) is 6.95. The molecule has 1 aromatic heterocycles. The second-order valence-corrected chi connectivity index (χ2v) is 11.3. The van der Waals surface area contributed by atoms with E-state index in [1.54, 1.807) is 25.4 Å². The molecule has 0 saturated heterocycles. The molecule has 2 aromatic carbocycles. The minimum absolute atomic E-state index is 0.00443. The molecule has 0 amide bonds. The highest BCUT2D eigenvalue weighted by Gasteiger charge is 2.38. The van der Waals surface area contributed by atoms with E-state index in [4.69, 9.17) is 4.74 Å². The van der Waals surface area contributed by atoms with Crippen LogP contribution in [0.1, 0.15) is 44.7 Å². The smallest absolute Gasteiger partial charge is 0.148 e. The number of nitrogens with one attached hydrogen (secondary N) is 4. The molecule has 5 rings (SSSR count). The molecule has 0 spiro atoms. The number of aromatic nitrogens is 1. The average Bonchev–Trinajstić information content (AvgIpc) is 3.62. The molecule has 8 nitrogen and oxygen atoms in total. The van der Waals surface area contributed by atoms with Crippen LogP contribution in [-0.4, -0.2) is 37.5 Å². The lowest BCUT2D eigenvalue weighted by Gasteiger charge is -2.34. The maximum Gasteiger partial charge on any atom is 0.148 e. The Hall–Kier alpha value is -3.97. The first-order chi connectivity index (χ1) is 18.1. The Morgan fingerprint density at radius 3 is 2.61 bits per heavy atom. The number of ether oxygens (including phenoxy) is 1. The van der Waals surface area contributed by atoms with E-state index in [0.717, 1.165) is 40.9 Å². The monoisotopic (exact) mass is 513 g/mol. The van der Waals surface area contributed by atoms with Gasteiger partial charge in [-0.1, -0.05) is 32.9 Å². The molecule has 2 aliphatic rings. The molecule has 1 fully saturated rings. The Kier molecular flexibility index (Phi) is 6.57. The molecular weight excluding hydrogens is 480 g/mol. The summed E-state index contributed by atoms with van der Waals surface area (Å²) in [5, 5.41) is 19.9. The fraction of sp³-hybridized carbons (Fsp3) is 0.357. The highest BCUT2D eigenvalue weighted by Crippen LogP contribution is 2.39. The van der Waals surface area contributed by atoms with E-state index in [1.807, 2.05) is 12.1 Å². The summed E-state index contributed by atoms with van der Waals surface area (Å²) in [4.78, 5) is 4.55. The maximum atomic E-state index is 13.9. The van der Waals surface area contributed by atoms with Crippen molar-refractivity contribution in [2.24, 2.45) is 5.41 Å². The molecule has 2 heterocycles. The summed E-state index contributed by atoms with van der Waals surface area (Å²) in [7, 11) is 3.66. The van der Waals surface area contributed by atoms with Crippen molar-refractivity contribution in [1.29, 1.82) is 5.26 Å². The predicted octanol–water partition coefficient (Wildman–Crippen LogP) is 3.94. The topological polar surface area (TPSA) is 97.3 Å². The molecular formula is C28H33BFN7O. The van der Waals surface area contributed by atoms with Gasteiger partial charge in [0.2, 0.25) is 0 Å². The van der Waals surface area contributed by atoms with E-state index < -0.39 is 5.44 Å². The van der Waals surface area contributed by atoms with Gasteiger partial charge in [-0.25, -0.2) is 4.39 Å². The number of hydrazine groups is 2. The third-order valence-electron chi connectivity index (χ3n) is 6.95. The van der Waals surface area contributed by atoms with Crippen LogP contribution < -0.4 is 26.3 Å². The molecule has 38 heavy (non-hydrogen) atoms. The summed E-state index contributed by atoms with van der Waals surface area (Å²) in [6.07, 6.45) is 5.92. The first-order valence-corrected chi connectivity index (χ1v) is 12.8. The largest absolute Gasteiger partial charge is 0.494 e. The summed E-state index contributed by atoms with van der Waals surface area (Å²) < 4.78 is 19.6. The molecule has 0 bridgehead atoms. The Morgan fingerprint density at radius 2 is 1.97 bits per heavy atom. The minimum Gasteiger partial charge on any atom is -0.494 e. The summed E-state index contributed by atoms with van der Waals surface area (Å²) in [5.74, 6) is 0.292. The Labute approximate surface area is 223 Å². The SMILES string of the molecule is BC(Nc1cc(OC)c2ncc(C#N)c(NCC(C)(C)C)c2c1)(C1=CN(C2CC2)NN1)c1ccc(F)cc1. The molecule has 196 valence electrons. The normalized spacial score (nSPS) is 16.8. The van der Waals surface area contributed by atoms with Gasteiger partial charge in [0.1, 0.15) is 31.0 Å². The molecule has 1 atom stereocenters. The number of anilines is 2. The molecule has 1 saturated carbocycles. The Bertz CT molecular complexity index is 1430. The van der Waals surface area contributed by atoms with Crippen molar-refractivity contribution in [1.82, 2.24) is 21.0 Å². The quantitative estimate of drug-likeness (QED) is 0.337. The molecule has 0 radical (unpaired) electrons. The zero-order valence-electron chi connectivity index (χ0n) is 22.4. The fourth-order valence-electron chi connectivity index (χ4n) is 4.63. The lowest BCUT2D eigenvalue weighted by Crippen LogP contribution is -2.45. The van der Waals surface area contributed by atoms with Gasteiger partial charge in [-0.2, -0.15) is 5.26 Å². The Balaban J connectivity index is 1.62. The molecule has 10 heteroatoms. The number of rotatable bonds is 8. The van der Waals surface area contributed by atoms with Crippen molar-refractivity contribution in [3.05, 3.63) is 71.4 Å². The average molecular weight is 513 g/mol. The van der Waals surface area contributed by atoms with Crippen LogP contribution >= 0.6 is 0 Å². The van der Waals surface area contributed by atoms with Crippen LogP contribution in [-0.2, 0) is 5.44 Å². The number of hydrogen-bond donors (Lipinski definition) is 4. The zero-order chi connectivity index (χ0) is 27.1. The van der Waals surface area contributed by atoms with Gasteiger partial charge < -0.3 is 20.8 Å². The third kappa shape index (κ3) is 5.07. The number of fused-ring (bicyclic) bond motifs is 1. The van der Waals surface area contributed by atoms with Crippen LogP contribution in [0.25, 0.3) is 10.9 Å². The molecule has 4 N–H and O–H groups in total. The summed E-state index contributed by atoms with van der Waals surface area (Å²) in [6, 6.07) is 13.1. The lowest BCUT2D eigenvalue weighted by molar-refractivity contribution is 0.260. The van der Waals surface area contributed by atoms with Gasteiger partial charge >= 0.3 is 0 Å². The molecule has 1 unspecified atom stereocenters. The van der Waals surface area contributed by atoms with Crippen molar-refractivity contribution < 1.29 is 9.13 Å². The zero-order valence-corrected chi connectivity index (χ0v) is 22.4. The van der Waals surface area contributed by atoms with E-state index in [9.17, 15) is 9.65 Å². The van der Waals surface area contributed by atoms with E-state index in [0.29, 0.717) is 29.4 Å². The first-order valence-electron chi connectivity index (χ1n) is 12.8. The number of halogens is 1. The van der Waals surface area contributed by atoms with Crippen molar-refractivity contribution in [2.75, 3.05) is 24.3 Å². The number of nitrogens with zero attached hydrogens (tertiary/aromatic N) is 3. The first kappa shape index (κ1) is 25.7. The summed E-state index contributed by atoms with van der Waals surface area (Å²) in [6.45, 7) is 7.09. The van der Waals surface area contributed by atoms with Crippen molar-refractivity contribution in [2.45, 2.75) is 45.1 Å². The second-order valence-electron chi connectivity index (χ2n) is 11.3. The fourth-order valence-corrected chi connectivity index (χ4v) is 4.63. The molecule has 3 aromatic rings. The number of hydrogen-bond acceptors (Lipinski definition) is 8. The minimum atomic E-state index is -0.748. The van der Waals surface area contributed by atoms with Crippen molar-refractivity contribution in [3.63, 3.8) is 0 Å².